The molecule has 4 N–H and O–H groups in total. The minimum Gasteiger partial charge on any atom is -0.445 e. The number of benzene rings is 1. The number of nitrogens with two attached hydrogens (primary N) is 1. The van der Waals surface area contributed by atoms with E-state index >= 15 is 0 Å². The molecule has 2 aromatic rings. The third kappa shape index (κ3) is 6.37. The first-order chi connectivity index (χ1) is 12.7. The number of primary amides is 1. The van der Waals surface area contributed by atoms with Gasteiger partial charge in [0, 0.05) is 12.1 Å². The zero-order valence-electron chi connectivity index (χ0n) is 15.7. The van der Waals surface area contributed by atoms with E-state index in [1.165, 1.54) is 10.9 Å². The van der Waals surface area contributed by atoms with Gasteiger partial charge in [-0.2, -0.15) is 0 Å². The van der Waals surface area contributed by atoms with Gasteiger partial charge in [-0.15, -0.1) is 5.10 Å². The molecule has 1 aromatic heterocycles. The van der Waals surface area contributed by atoms with Crippen molar-refractivity contribution < 1.29 is 19.4 Å². The highest BCUT2D eigenvalue weighted by atomic mass is 16.6. The van der Waals surface area contributed by atoms with Crippen molar-refractivity contribution in [3.8, 4) is 0 Å². The molecule has 0 fully saturated rings. The summed E-state index contributed by atoms with van der Waals surface area (Å²) in [6.07, 6.45) is 0.872. The summed E-state index contributed by atoms with van der Waals surface area (Å²) < 4.78 is 6.58. The smallest absolute Gasteiger partial charge is 0.404 e. The molecule has 0 saturated heterocycles. The molecule has 9 heteroatoms. The highest BCUT2D eigenvalue weighted by Gasteiger charge is 2.28. The van der Waals surface area contributed by atoms with Crippen LogP contribution in [0.1, 0.15) is 32.0 Å². The number of carbonyl (C=O) groups excluding carboxylic acids is 2. The van der Waals surface area contributed by atoms with E-state index in [4.69, 9.17) is 15.6 Å². The first kappa shape index (κ1) is 20.4. The van der Waals surface area contributed by atoms with Gasteiger partial charge in [-0.3, -0.25) is 4.79 Å². The maximum absolute atomic E-state index is 12.1. The van der Waals surface area contributed by atoms with Gasteiger partial charge in [0.15, 0.2) is 0 Å². The fourth-order valence-corrected chi connectivity index (χ4v) is 2.44. The third-order valence-corrected chi connectivity index (χ3v) is 3.94. The van der Waals surface area contributed by atoms with Crippen molar-refractivity contribution in [2.24, 2.45) is 11.1 Å². The molecular weight excluding hydrogens is 350 g/mol. The largest absolute Gasteiger partial charge is 0.445 e. The van der Waals surface area contributed by atoms with Crippen LogP contribution in [0, 0.1) is 5.41 Å². The lowest BCUT2D eigenvalue weighted by Gasteiger charge is -2.29. The molecule has 0 aliphatic carbocycles. The number of anilines is 1. The monoisotopic (exact) mass is 375 g/mol. The predicted octanol–water partition coefficient (Wildman–Crippen LogP) is 1.46. The molecule has 1 unspecified atom stereocenters. The summed E-state index contributed by atoms with van der Waals surface area (Å²) in [7, 11) is 0. The maximum atomic E-state index is 12.1. The normalized spacial score (nSPS) is 12.4. The molecule has 1 heterocycles. The Morgan fingerprint density at radius 3 is 2.48 bits per heavy atom. The van der Waals surface area contributed by atoms with E-state index in [1.807, 2.05) is 32.9 Å². The van der Waals surface area contributed by atoms with Gasteiger partial charge >= 0.3 is 6.09 Å². The molecule has 2 amide bonds. The second kappa shape index (κ2) is 8.63. The molecule has 9 nitrogen and oxygen atoms in total. The second-order valence-corrected chi connectivity index (χ2v) is 7.31. The molecule has 2 rings (SSSR count). The SMILES string of the molecule is CC(C)(C)C(Cc1ccc(NC(=O)Cn2cc(CO)nn2)cc1)OC(N)=O. The van der Waals surface area contributed by atoms with Crippen LogP contribution in [-0.4, -0.2) is 38.2 Å². The molecule has 0 aliphatic rings. The van der Waals surface area contributed by atoms with Gasteiger partial charge in [-0.25, -0.2) is 9.48 Å². The minimum atomic E-state index is -0.795. The van der Waals surface area contributed by atoms with Gasteiger partial charge in [-0.05, 0) is 23.1 Å². The number of carbonyl (C=O) groups is 2. The number of aromatic nitrogens is 3. The van der Waals surface area contributed by atoms with Crippen LogP contribution in [0.2, 0.25) is 0 Å². The number of ether oxygens (including phenoxy) is 1. The van der Waals surface area contributed by atoms with Crippen molar-refractivity contribution in [1.82, 2.24) is 15.0 Å². The van der Waals surface area contributed by atoms with Crippen LogP contribution in [-0.2, 0) is 29.1 Å². The van der Waals surface area contributed by atoms with Gasteiger partial charge in [0.1, 0.15) is 18.3 Å². The van der Waals surface area contributed by atoms with Gasteiger partial charge in [0.05, 0.1) is 12.8 Å². The molecule has 0 bridgehead atoms. The molecule has 146 valence electrons. The molecule has 27 heavy (non-hydrogen) atoms. The van der Waals surface area contributed by atoms with E-state index in [0.29, 0.717) is 17.8 Å². The van der Waals surface area contributed by atoms with Crippen LogP contribution in [0.5, 0.6) is 0 Å². The topological polar surface area (TPSA) is 132 Å². The number of aliphatic hydroxyl groups is 1. The lowest BCUT2D eigenvalue weighted by molar-refractivity contribution is -0.116. The van der Waals surface area contributed by atoms with Crippen molar-refractivity contribution in [1.29, 1.82) is 0 Å². The Labute approximate surface area is 157 Å². The third-order valence-electron chi connectivity index (χ3n) is 3.94. The van der Waals surface area contributed by atoms with Crippen molar-refractivity contribution in [3.05, 3.63) is 41.7 Å². The highest BCUT2D eigenvalue weighted by molar-refractivity contribution is 5.90. The Bertz CT molecular complexity index is 780. The average molecular weight is 375 g/mol. The summed E-state index contributed by atoms with van der Waals surface area (Å²) >= 11 is 0. The molecule has 0 aliphatic heterocycles. The summed E-state index contributed by atoms with van der Waals surface area (Å²) in [5.74, 6) is -0.262. The molecule has 0 saturated carbocycles. The van der Waals surface area contributed by atoms with Crippen LogP contribution in [0.15, 0.2) is 30.5 Å². The lowest BCUT2D eigenvalue weighted by Crippen LogP contribution is -2.35. The van der Waals surface area contributed by atoms with Crippen molar-refractivity contribution in [2.75, 3.05) is 5.32 Å². The number of rotatable bonds is 7. The molecule has 0 spiro atoms. The maximum Gasteiger partial charge on any atom is 0.404 e. The van der Waals surface area contributed by atoms with E-state index in [2.05, 4.69) is 15.6 Å². The van der Waals surface area contributed by atoms with Gasteiger partial charge in [0.2, 0.25) is 5.91 Å². The summed E-state index contributed by atoms with van der Waals surface area (Å²) in [5.41, 5.74) is 6.90. The Kier molecular flexibility index (Phi) is 6.51. The van der Waals surface area contributed by atoms with Crippen molar-refractivity contribution in [3.63, 3.8) is 0 Å². The summed E-state index contributed by atoms with van der Waals surface area (Å²) in [5, 5.41) is 19.2. The van der Waals surface area contributed by atoms with Crippen molar-refractivity contribution >= 4 is 17.7 Å². The van der Waals surface area contributed by atoms with Crippen LogP contribution < -0.4 is 11.1 Å². The molecule has 1 atom stereocenters. The number of hydrogen-bond acceptors (Lipinski definition) is 6. The van der Waals surface area contributed by atoms with Gasteiger partial charge in [0.25, 0.3) is 0 Å². The summed E-state index contributed by atoms with van der Waals surface area (Å²) in [6, 6.07) is 7.27. The van der Waals surface area contributed by atoms with E-state index in [1.54, 1.807) is 12.1 Å². The first-order valence-electron chi connectivity index (χ1n) is 8.52. The van der Waals surface area contributed by atoms with Gasteiger partial charge < -0.3 is 20.9 Å². The van der Waals surface area contributed by atoms with Crippen LogP contribution in [0.4, 0.5) is 10.5 Å². The lowest BCUT2D eigenvalue weighted by atomic mass is 9.85. The fourth-order valence-electron chi connectivity index (χ4n) is 2.44. The van der Waals surface area contributed by atoms with Crippen molar-refractivity contribution in [2.45, 2.75) is 46.4 Å². The molecular formula is C18H25N5O4. The molecule has 0 radical (unpaired) electrons. The standard InChI is InChI=1S/C18H25N5O4/c1-18(2,3)15(27-17(19)26)8-12-4-6-13(7-5-12)20-16(25)10-23-9-14(11-24)21-22-23/h4-7,9,15,24H,8,10-11H2,1-3H3,(H2,19,26)(H,20,25). The summed E-state index contributed by atoms with van der Waals surface area (Å²) in [4.78, 5) is 23.2. The highest BCUT2D eigenvalue weighted by Crippen LogP contribution is 2.26. The van der Waals surface area contributed by atoms with E-state index in [0.717, 1.165) is 5.56 Å². The van der Waals surface area contributed by atoms with Crippen LogP contribution in [0.25, 0.3) is 0 Å². The van der Waals surface area contributed by atoms with E-state index < -0.39 is 6.09 Å². The Hall–Kier alpha value is -2.94. The Morgan fingerprint density at radius 2 is 1.96 bits per heavy atom. The average Bonchev–Trinajstić information content (AvgIpc) is 3.02. The first-order valence-corrected chi connectivity index (χ1v) is 8.52. The van der Waals surface area contributed by atoms with Gasteiger partial charge in [-0.1, -0.05) is 38.1 Å². The quantitative estimate of drug-likeness (QED) is 0.671. The summed E-state index contributed by atoms with van der Waals surface area (Å²) in [6.45, 7) is 5.69. The number of nitrogens with one attached hydrogen (secondary N) is 1. The predicted molar refractivity (Wildman–Crippen MR) is 98.6 cm³/mol. The van der Waals surface area contributed by atoms with Crippen LogP contribution >= 0.6 is 0 Å². The van der Waals surface area contributed by atoms with E-state index in [-0.39, 0.29) is 30.6 Å². The second-order valence-electron chi connectivity index (χ2n) is 7.31. The number of amides is 2. The minimum absolute atomic E-state index is 0.00665. The molecule has 1 aromatic carbocycles. The zero-order valence-corrected chi connectivity index (χ0v) is 15.7. The number of nitrogens with zero attached hydrogens (tertiary/aromatic N) is 3. The zero-order chi connectivity index (χ0) is 20.0. The Balaban J connectivity index is 1.95. The Morgan fingerprint density at radius 1 is 1.30 bits per heavy atom. The van der Waals surface area contributed by atoms with Crippen LogP contribution in [0.3, 0.4) is 0 Å². The fraction of sp³-hybridized carbons (Fsp3) is 0.444. The van der Waals surface area contributed by atoms with E-state index in [9.17, 15) is 9.59 Å². The number of aliphatic hydroxyl groups excluding tert-OH is 1. The number of hydrogen-bond donors (Lipinski definition) is 3.